The van der Waals surface area contributed by atoms with Crippen LogP contribution in [-0.2, 0) is 14.3 Å². The van der Waals surface area contributed by atoms with Gasteiger partial charge in [-0.25, -0.2) is 19.6 Å². The molecule has 0 aromatic heterocycles. The van der Waals surface area contributed by atoms with Gasteiger partial charge < -0.3 is 4.74 Å². The molecule has 3 aliphatic rings. The molecular weight excluding hydrogens is 366 g/mol. The fourth-order valence-corrected chi connectivity index (χ4v) is 6.09. The van der Waals surface area contributed by atoms with Gasteiger partial charge in [0.1, 0.15) is 6.10 Å². The van der Waals surface area contributed by atoms with E-state index in [0.29, 0.717) is 17.8 Å². The Hall–Kier alpha value is -1.95. The molecule has 6 heteroatoms. The summed E-state index contributed by atoms with van der Waals surface area (Å²) in [7, 11) is 0. The third-order valence-electron chi connectivity index (χ3n) is 7.64. The number of carbonyl (C=O) groups excluding carboxylic acids is 2. The highest BCUT2D eigenvalue weighted by Gasteiger charge is 2.35. The summed E-state index contributed by atoms with van der Waals surface area (Å²) in [4.78, 5) is 29.5. The molecule has 0 heterocycles. The lowest BCUT2D eigenvalue weighted by atomic mass is 9.69. The molecule has 0 N–H and O–H groups in total. The summed E-state index contributed by atoms with van der Waals surface area (Å²) in [5.74, 6) is 2.58. The van der Waals surface area contributed by atoms with Crippen LogP contribution in [0.25, 0.3) is 0 Å². The monoisotopic (exact) mass is 399 g/mol. The fraction of sp³-hybridized carbons (Fsp3) is 0.870. The summed E-state index contributed by atoms with van der Waals surface area (Å²) in [6, 6.07) is 0.293. The van der Waals surface area contributed by atoms with Crippen molar-refractivity contribution in [2.45, 2.75) is 102 Å². The maximum absolute atomic E-state index is 10.9. The smallest absolute Gasteiger partial charge is 0.286 e. The average Bonchev–Trinajstić information content (AvgIpc) is 2.73. The number of nitriles is 1. The first-order valence-corrected chi connectivity index (χ1v) is 11.4. The maximum atomic E-state index is 10.9. The van der Waals surface area contributed by atoms with E-state index in [1.165, 1.54) is 6.42 Å². The number of ether oxygens (including phenoxy) is 1. The summed E-state index contributed by atoms with van der Waals surface area (Å²) in [5, 5.41) is 8.69. The van der Waals surface area contributed by atoms with E-state index in [0.717, 1.165) is 83.0 Å². The molecule has 158 valence electrons. The highest BCUT2D eigenvalue weighted by molar-refractivity contribution is 5.34. The van der Waals surface area contributed by atoms with Gasteiger partial charge >= 0.3 is 0 Å². The van der Waals surface area contributed by atoms with Crippen LogP contribution >= 0.6 is 0 Å². The number of isocyanates is 2. The van der Waals surface area contributed by atoms with Crippen LogP contribution in [0.3, 0.4) is 0 Å². The van der Waals surface area contributed by atoms with Crippen LogP contribution in [0, 0.1) is 35.2 Å². The van der Waals surface area contributed by atoms with Gasteiger partial charge in [0.25, 0.3) is 6.26 Å². The Morgan fingerprint density at radius 1 is 0.759 bits per heavy atom. The number of aliphatic imine (C=N–C) groups is 2. The van der Waals surface area contributed by atoms with Crippen molar-refractivity contribution >= 4 is 12.2 Å². The quantitative estimate of drug-likeness (QED) is 0.348. The molecule has 0 saturated heterocycles. The summed E-state index contributed by atoms with van der Waals surface area (Å²) in [6.07, 6.45) is 19.7. The minimum absolute atomic E-state index is 0.125. The lowest BCUT2D eigenvalue weighted by Gasteiger charge is -2.38. The van der Waals surface area contributed by atoms with Gasteiger partial charge in [-0.3, -0.25) is 0 Å². The van der Waals surface area contributed by atoms with Crippen molar-refractivity contribution in [2.75, 3.05) is 0 Å². The Balaban J connectivity index is 1.49. The molecule has 0 aromatic rings. The third-order valence-corrected chi connectivity index (χ3v) is 7.64. The Bertz CT molecular complexity index is 647. The van der Waals surface area contributed by atoms with Crippen LogP contribution in [0.15, 0.2) is 9.98 Å². The van der Waals surface area contributed by atoms with Gasteiger partial charge in [-0.15, -0.1) is 0 Å². The summed E-state index contributed by atoms with van der Waals surface area (Å²) in [5.41, 5.74) is 0. The van der Waals surface area contributed by atoms with Crippen LogP contribution < -0.4 is 0 Å². The second-order valence-electron chi connectivity index (χ2n) is 9.45. The first kappa shape index (κ1) is 21.8. The van der Waals surface area contributed by atoms with Crippen molar-refractivity contribution in [3.05, 3.63) is 0 Å². The lowest BCUT2D eigenvalue weighted by molar-refractivity contribution is 0.0864. The van der Waals surface area contributed by atoms with Gasteiger partial charge in [-0.1, -0.05) is 0 Å². The highest BCUT2D eigenvalue weighted by atomic mass is 16.5. The number of rotatable bonds is 7. The first-order chi connectivity index (χ1) is 14.2. The van der Waals surface area contributed by atoms with Crippen molar-refractivity contribution < 1.29 is 14.3 Å². The molecule has 0 aliphatic heterocycles. The van der Waals surface area contributed by atoms with Crippen molar-refractivity contribution in [1.82, 2.24) is 0 Å². The molecule has 6 nitrogen and oxygen atoms in total. The number of nitrogens with zero attached hydrogens (tertiary/aromatic N) is 3. The Labute approximate surface area is 173 Å². The van der Waals surface area contributed by atoms with Crippen LogP contribution in [0.2, 0.25) is 0 Å². The molecule has 3 aliphatic carbocycles. The van der Waals surface area contributed by atoms with E-state index >= 15 is 0 Å². The van der Waals surface area contributed by atoms with E-state index in [1.807, 2.05) is 12.3 Å². The van der Waals surface area contributed by atoms with Crippen molar-refractivity contribution in [2.24, 2.45) is 33.7 Å². The van der Waals surface area contributed by atoms with Crippen molar-refractivity contribution in [3.63, 3.8) is 0 Å². The van der Waals surface area contributed by atoms with E-state index in [9.17, 15) is 9.59 Å². The maximum Gasteiger partial charge on any atom is 0.286 e. The predicted molar refractivity (Wildman–Crippen MR) is 108 cm³/mol. The topological polar surface area (TPSA) is 91.9 Å². The zero-order valence-corrected chi connectivity index (χ0v) is 17.3. The van der Waals surface area contributed by atoms with E-state index in [4.69, 9.17) is 10.00 Å². The summed E-state index contributed by atoms with van der Waals surface area (Å²) in [6.45, 7) is 0. The molecule has 0 amide bonds. The standard InChI is InChI=1S/C23H33N3O3/c24-14-29-22-8-3-17(4-9-22)11-19-5-10-23(26-16-28)20(13-19)12-18-1-6-21(7-2-18)25-15-27/h17-23H,1-13H2. The molecule has 3 atom stereocenters. The predicted octanol–water partition coefficient (Wildman–Crippen LogP) is 4.84. The van der Waals surface area contributed by atoms with Gasteiger partial charge in [0.05, 0.1) is 12.1 Å². The third kappa shape index (κ3) is 6.53. The molecule has 0 radical (unpaired) electrons. The molecule has 3 rings (SSSR count). The van der Waals surface area contributed by atoms with Gasteiger partial charge in [-0.2, -0.15) is 5.26 Å². The molecule has 29 heavy (non-hydrogen) atoms. The van der Waals surface area contributed by atoms with Crippen LogP contribution in [0.5, 0.6) is 0 Å². The van der Waals surface area contributed by atoms with E-state index in [2.05, 4.69) is 9.98 Å². The highest BCUT2D eigenvalue weighted by Crippen LogP contribution is 2.42. The minimum Gasteiger partial charge on any atom is -0.424 e. The van der Waals surface area contributed by atoms with Gasteiger partial charge in [0, 0.05) is 0 Å². The number of hydrogen-bond donors (Lipinski definition) is 0. The zero-order chi connectivity index (χ0) is 20.5. The average molecular weight is 400 g/mol. The Morgan fingerprint density at radius 3 is 2.03 bits per heavy atom. The fourth-order valence-electron chi connectivity index (χ4n) is 6.09. The van der Waals surface area contributed by atoms with E-state index < -0.39 is 0 Å². The van der Waals surface area contributed by atoms with Crippen molar-refractivity contribution in [3.8, 4) is 6.26 Å². The molecule has 0 bridgehead atoms. The zero-order valence-electron chi connectivity index (χ0n) is 17.3. The SMILES string of the molecule is N#COC1CCC(CC2CCC(N=C=O)C(CC3CCC(N=C=O)CC3)C2)CC1. The largest absolute Gasteiger partial charge is 0.424 e. The molecule has 3 saturated carbocycles. The van der Waals surface area contributed by atoms with E-state index in [1.54, 1.807) is 6.08 Å². The minimum atomic E-state index is 0.125. The lowest BCUT2D eigenvalue weighted by Crippen LogP contribution is -2.32. The summed E-state index contributed by atoms with van der Waals surface area (Å²) < 4.78 is 5.12. The van der Waals surface area contributed by atoms with Crippen LogP contribution in [0.1, 0.15) is 83.5 Å². The molecule has 3 fully saturated rings. The van der Waals surface area contributed by atoms with Gasteiger partial charge in [0.2, 0.25) is 12.2 Å². The molecule has 3 unspecified atom stereocenters. The molecule has 0 spiro atoms. The Morgan fingerprint density at radius 2 is 1.38 bits per heavy atom. The van der Waals surface area contributed by atoms with Gasteiger partial charge in [0.15, 0.2) is 0 Å². The summed E-state index contributed by atoms with van der Waals surface area (Å²) >= 11 is 0. The molecular formula is C23H33N3O3. The number of hydrogen-bond acceptors (Lipinski definition) is 6. The van der Waals surface area contributed by atoms with Crippen LogP contribution in [0.4, 0.5) is 0 Å². The Kier molecular flexibility index (Phi) is 8.47. The second-order valence-corrected chi connectivity index (χ2v) is 9.45. The van der Waals surface area contributed by atoms with Gasteiger partial charge in [-0.05, 0) is 107 Å². The van der Waals surface area contributed by atoms with Crippen LogP contribution in [-0.4, -0.2) is 30.3 Å². The normalized spacial score (nSPS) is 37.4. The second kappa shape index (κ2) is 11.3. The van der Waals surface area contributed by atoms with E-state index in [-0.39, 0.29) is 18.2 Å². The van der Waals surface area contributed by atoms with Crippen molar-refractivity contribution in [1.29, 1.82) is 5.26 Å². The first-order valence-electron chi connectivity index (χ1n) is 11.4. The molecule has 0 aromatic carbocycles.